The van der Waals surface area contributed by atoms with Crippen molar-refractivity contribution in [2.45, 2.75) is 20.4 Å². The van der Waals surface area contributed by atoms with Crippen molar-refractivity contribution in [1.29, 1.82) is 0 Å². The summed E-state index contributed by atoms with van der Waals surface area (Å²) < 4.78 is 0. The molecule has 2 rings (SSSR count). The molecule has 0 aliphatic rings. The molecule has 0 aliphatic heterocycles. The predicted octanol–water partition coefficient (Wildman–Crippen LogP) is 2.67. The Morgan fingerprint density at radius 1 is 1.12 bits per heavy atom. The van der Waals surface area contributed by atoms with E-state index in [1.807, 2.05) is 51.0 Å². The van der Waals surface area contributed by atoms with Gasteiger partial charge in [0.2, 0.25) is 5.91 Å². The number of pyridine rings is 1. The van der Waals surface area contributed by atoms with Gasteiger partial charge in [0.1, 0.15) is 0 Å². The van der Waals surface area contributed by atoms with Crippen LogP contribution in [0.2, 0.25) is 0 Å². The van der Waals surface area contributed by atoms with E-state index >= 15 is 0 Å². The first-order chi connectivity index (χ1) is 11.9. The van der Waals surface area contributed by atoms with Crippen LogP contribution in [0.5, 0.6) is 0 Å². The third-order valence-corrected chi connectivity index (χ3v) is 3.72. The van der Waals surface area contributed by atoms with Crippen LogP contribution in [0.4, 0.5) is 11.4 Å². The van der Waals surface area contributed by atoms with Gasteiger partial charge in [0.15, 0.2) is 0 Å². The Kier molecular flexibility index (Phi) is 6.11. The van der Waals surface area contributed by atoms with Crippen molar-refractivity contribution in [3.05, 3.63) is 53.9 Å². The molecule has 0 spiro atoms. The summed E-state index contributed by atoms with van der Waals surface area (Å²) in [6.45, 7) is 4.06. The summed E-state index contributed by atoms with van der Waals surface area (Å²) in [5.74, 6) is -0.403. The minimum absolute atomic E-state index is 0.0826. The minimum atomic E-state index is -0.193. The summed E-state index contributed by atoms with van der Waals surface area (Å²) >= 11 is 0. The van der Waals surface area contributed by atoms with E-state index in [0.717, 1.165) is 11.3 Å². The van der Waals surface area contributed by atoms with Gasteiger partial charge in [-0.15, -0.1) is 0 Å². The van der Waals surface area contributed by atoms with Crippen LogP contribution in [0.1, 0.15) is 29.8 Å². The second-order valence-electron chi connectivity index (χ2n) is 6.31. The molecule has 132 valence electrons. The highest BCUT2D eigenvalue weighted by molar-refractivity contribution is 6.02. The van der Waals surface area contributed by atoms with Gasteiger partial charge in [-0.05, 0) is 35.9 Å². The van der Waals surface area contributed by atoms with Crippen LogP contribution in [-0.2, 0) is 11.3 Å². The monoisotopic (exact) mass is 340 g/mol. The van der Waals surface area contributed by atoms with Gasteiger partial charge in [-0.3, -0.25) is 14.6 Å². The number of hydrogen-bond acceptors (Lipinski definition) is 4. The van der Waals surface area contributed by atoms with Crippen LogP contribution >= 0.6 is 0 Å². The normalized spacial score (nSPS) is 10.4. The molecule has 2 N–H and O–H groups in total. The summed E-state index contributed by atoms with van der Waals surface area (Å²) in [5, 5.41) is 5.74. The standard InChI is InChI=1S/C19H24N4O2/c1-13(2)18(24)22-15-5-6-17(23(3)4)16(11-15)19(25)21-12-14-7-9-20-10-8-14/h5-11,13H,12H2,1-4H3,(H,21,25)(H,22,24). The maximum absolute atomic E-state index is 12.6. The van der Waals surface area contributed by atoms with Crippen molar-refractivity contribution >= 4 is 23.2 Å². The van der Waals surface area contributed by atoms with Crippen LogP contribution in [0.25, 0.3) is 0 Å². The molecule has 6 heteroatoms. The van der Waals surface area contributed by atoms with E-state index in [0.29, 0.717) is 17.8 Å². The summed E-state index contributed by atoms with van der Waals surface area (Å²) in [6, 6.07) is 9.04. The topological polar surface area (TPSA) is 74.3 Å². The maximum Gasteiger partial charge on any atom is 0.253 e. The highest BCUT2D eigenvalue weighted by Gasteiger charge is 2.15. The van der Waals surface area contributed by atoms with Crippen LogP contribution in [0.15, 0.2) is 42.7 Å². The largest absolute Gasteiger partial charge is 0.377 e. The zero-order chi connectivity index (χ0) is 18.4. The zero-order valence-corrected chi connectivity index (χ0v) is 15.0. The lowest BCUT2D eigenvalue weighted by Crippen LogP contribution is -2.26. The number of nitrogens with one attached hydrogen (secondary N) is 2. The van der Waals surface area contributed by atoms with Gasteiger partial charge in [-0.1, -0.05) is 13.8 Å². The van der Waals surface area contributed by atoms with Gasteiger partial charge in [0.25, 0.3) is 5.91 Å². The minimum Gasteiger partial charge on any atom is -0.377 e. The van der Waals surface area contributed by atoms with Gasteiger partial charge in [-0.25, -0.2) is 0 Å². The number of anilines is 2. The van der Waals surface area contributed by atoms with E-state index in [2.05, 4.69) is 15.6 Å². The molecule has 0 radical (unpaired) electrons. The Morgan fingerprint density at radius 2 is 1.80 bits per heavy atom. The Labute approximate surface area is 148 Å². The van der Waals surface area contributed by atoms with E-state index in [4.69, 9.17) is 0 Å². The number of benzene rings is 1. The second-order valence-corrected chi connectivity index (χ2v) is 6.31. The molecule has 25 heavy (non-hydrogen) atoms. The Hall–Kier alpha value is -2.89. The van der Waals surface area contributed by atoms with Crippen molar-refractivity contribution in [2.75, 3.05) is 24.3 Å². The molecule has 1 aromatic heterocycles. The predicted molar refractivity (Wildman–Crippen MR) is 99.6 cm³/mol. The third-order valence-electron chi connectivity index (χ3n) is 3.72. The first kappa shape index (κ1) is 18.4. The molecule has 1 aromatic carbocycles. The third kappa shape index (κ3) is 5.04. The molecule has 0 unspecified atom stereocenters. The average molecular weight is 340 g/mol. The van der Waals surface area contributed by atoms with E-state index < -0.39 is 0 Å². The van der Waals surface area contributed by atoms with Gasteiger partial charge >= 0.3 is 0 Å². The molecule has 0 fully saturated rings. The van der Waals surface area contributed by atoms with E-state index in [9.17, 15) is 9.59 Å². The number of hydrogen-bond donors (Lipinski definition) is 2. The highest BCUT2D eigenvalue weighted by atomic mass is 16.2. The SMILES string of the molecule is CC(C)C(=O)Nc1ccc(N(C)C)c(C(=O)NCc2ccncc2)c1. The van der Waals surface area contributed by atoms with Crippen LogP contribution in [0, 0.1) is 5.92 Å². The first-order valence-corrected chi connectivity index (χ1v) is 8.18. The summed E-state index contributed by atoms with van der Waals surface area (Å²) in [4.78, 5) is 30.4. The lowest BCUT2D eigenvalue weighted by Gasteiger charge is -2.19. The number of aromatic nitrogens is 1. The van der Waals surface area contributed by atoms with Crippen molar-refractivity contribution in [2.24, 2.45) is 5.92 Å². The molecule has 0 saturated heterocycles. The number of nitrogens with zero attached hydrogens (tertiary/aromatic N) is 2. The van der Waals surface area contributed by atoms with Crippen LogP contribution < -0.4 is 15.5 Å². The highest BCUT2D eigenvalue weighted by Crippen LogP contribution is 2.23. The first-order valence-electron chi connectivity index (χ1n) is 8.18. The molecule has 2 aromatic rings. The Balaban J connectivity index is 2.20. The summed E-state index contributed by atoms with van der Waals surface area (Å²) in [7, 11) is 3.75. The maximum atomic E-state index is 12.6. The number of carbonyl (C=O) groups excluding carboxylic acids is 2. The lowest BCUT2D eigenvalue weighted by atomic mass is 10.1. The Morgan fingerprint density at radius 3 is 2.40 bits per heavy atom. The number of carbonyl (C=O) groups is 2. The van der Waals surface area contributed by atoms with Crippen molar-refractivity contribution in [1.82, 2.24) is 10.3 Å². The van der Waals surface area contributed by atoms with E-state index in [-0.39, 0.29) is 17.7 Å². The number of rotatable bonds is 6. The smallest absolute Gasteiger partial charge is 0.253 e. The molecular formula is C19H24N4O2. The van der Waals surface area contributed by atoms with E-state index in [1.54, 1.807) is 24.5 Å². The number of amides is 2. The fourth-order valence-electron chi connectivity index (χ4n) is 2.25. The van der Waals surface area contributed by atoms with Crippen molar-refractivity contribution in [3.8, 4) is 0 Å². The van der Waals surface area contributed by atoms with Crippen LogP contribution in [0.3, 0.4) is 0 Å². The van der Waals surface area contributed by atoms with Gasteiger partial charge < -0.3 is 15.5 Å². The molecule has 0 saturated carbocycles. The van der Waals surface area contributed by atoms with Crippen molar-refractivity contribution in [3.63, 3.8) is 0 Å². The average Bonchev–Trinajstić information content (AvgIpc) is 2.60. The molecule has 6 nitrogen and oxygen atoms in total. The summed E-state index contributed by atoms with van der Waals surface area (Å²) in [6.07, 6.45) is 3.38. The van der Waals surface area contributed by atoms with Gasteiger partial charge in [0, 0.05) is 50.3 Å². The second kappa shape index (κ2) is 8.28. The molecule has 0 bridgehead atoms. The summed E-state index contributed by atoms with van der Waals surface area (Å²) in [5.41, 5.74) is 2.88. The van der Waals surface area contributed by atoms with Crippen molar-refractivity contribution < 1.29 is 9.59 Å². The fraction of sp³-hybridized carbons (Fsp3) is 0.316. The molecule has 2 amide bonds. The quantitative estimate of drug-likeness (QED) is 0.848. The van der Waals surface area contributed by atoms with Gasteiger partial charge in [-0.2, -0.15) is 0 Å². The van der Waals surface area contributed by atoms with E-state index in [1.165, 1.54) is 0 Å². The molecule has 0 atom stereocenters. The molecule has 0 aliphatic carbocycles. The lowest BCUT2D eigenvalue weighted by molar-refractivity contribution is -0.118. The fourth-order valence-corrected chi connectivity index (χ4v) is 2.25. The molecule has 1 heterocycles. The van der Waals surface area contributed by atoms with Crippen LogP contribution in [-0.4, -0.2) is 30.9 Å². The molecular weight excluding hydrogens is 316 g/mol. The van der Waals surface area contributed by atoms with Gasteiger partial charge in [0.05, 0.1) is 5.56 Å². The Bertz CT molecular complexity index is 742. The zero-order valence-electron chi connectivity index (χ0n) is 15.0.